The zero-order valence-corrected chi connectivity index (χ0v) is 17.6. The molecule has 0 fully saturated rings. The number of carboxylic acid groups (broad SMARTS) is 1. The fraction of sp³-hybridized carbons (Fsp3) is 0.222. The first-order valence-electron chi connectivity index (χ1n) is 10.5. The van der Waals surface area contributed by atoms with Crippen molar-refractivity contribution >= 4 is 5.97 Å². The van der Waals surface area contributed by atoms with E-state index in [4.69, 9.17) is 4.74 Å². The lowest BCUT2D eigenvalue weighted by atomic mass is 10.0. The highest BCUT2D eigenvalue weighted by molar-refractivity contribution is 5.73. The van der Waals surface area contributed by atoms with E-state index in [1.165, 1.54) is 11.1 Å². The van der Waals surface area contributed by atoms with Crippen molar-refractivity contribution in [1.29, 1.82) is 0 Å². The van der Waals surface area contributed by atoms with Crippen LogP contribution in [0.5, 0.6) is 0 Å². The Morgan fingerprint density at radius 1 is 0.839 bits per heavy atom. The fourth-order valence-electron chi connectivity index (χ4n) is 3.60. The molecule has 1 N–H and O–H groups in total. The van der Waals surface area contributed by atoms with Gasteiger partial charge in [-0.15, -0.1) is 6.58 Å². The van der Waals surface area contributed by atoms with Crippen molar-refractivity contribution in [2.45, 2.75) is 25.8 Å². The topological polar surface area (TPSA) is 49.8 Å². The standard InChI is InChI=1S/C27H29NO3/c1-2-25(26(27(29)30)31-21-24-16-10-5-11-17-24)20-28(18-22-12-6-3-7-13-22)19-23-14-8-4-9-15-23/h2-17,25-26H,1,18-21H2,(H,29,30)/t25-,26+/m1/s1. The average molecular weight is 416 g/mol. The highest BCUT2D eigenvalue weighted by Crippen LogP contribution is 2.18. The second-order valence-corrected chi connectivity index (χ2v) is 7.60. The first-order valence-corrected chi connectivity index (χ1v) is 10.5. The summed E-state index contributed by atoms with van der Waals surface area (Å²) >= 11 is 0. The van der Waals surface area contributed by atoms with Crippen LogP contribution in [0.1, 0.15) is 16.7 Å². The lowest BCUT2D eigenvalue weighted by Gasteiger charge is -2.29. The number of hydrogen-bond donors (Lipinski definition) is 1. The molecule has 0 saturated heterocycles. The molecular formula is C27H29NO3. The van der Waals surface area contributed by atoms with Crippen molar-refractivity contribution in [2.75, 3.05) is 6.54 Å². The van der Waals surface area contributed by atoms with Gasteiger partial charge in [0.25, 0.3) is 0 Å². The minimum Gasteiger partial charge on any atom is -0.479 e. The van der Waals surface area contributed by atoms with Crippen LogP contribution >= 0.6 is 0 Å². The zero-order valence-electron chi connectivity index (χ0n) is 17.6. The van der Waals surface area contributed by atoms with Gasteiger partial charge < -0.3 is 9.84 Å². The van der Waals surface area contributed by atoms with E-state index in [0.29, 0.717) is 19.6 Å². The van der Waals surface area contributed by atoms with Gasteiger partial charge >= 0.3 is 5.97 Å². The summed E-state index contributed by atoms with van der Waals surface area (Å²) in [6.45, 7) is 6.12. The van der Waals surface area contributed by atoms with E-state index in [-0.39, 0.29) is 12.5 Å². The number of nitrogens with zero attached hydrogens (tertiary/aromatic N) is 1. The molecule has 3 aromatic carbocycles. The Labute approximate surface area is 184 Å². The van der Waals surface area contributed by atoms with Crippen molar-refractivity contribution in [2.24, 2.45) is 5.92 Å². The number of ether oxygens (including phenoxy) is 1. The normalized spacial score (nSPS) is 12.9. The van der Waals surface area contributed by atoms with E-state index in [9.17, 15) is 9.90 Å². The zero-order chi connectivity index (χ0) is 21.9. The van der Waals surface area contributed by atoms with Gasteiger partial charge in [-0.2, -0.15) is 0 Å². The van der Waals surface area contributed by atoms with Crippen LogP contribution in [0.2, 0.25) is 0 Å². The molecule has 0 bridgehead atoms. The number of carbonyl (C=O) groups is 1. The molecular weight excluding hydrogens is 386 g/mol. The van der Waals surface area contributed by atoms with Gasteiger partial charge in [0.2, 0.25) is 0 Å². The van der Waals surface area contributed by atoms with Crippen LogP contribution in [0.25, 0.3) is 0 Å². The van der Waals surface area contributed by atoms with Crippen LogP contribution in [-0.2, 0) is 29.2 Å². The van der Waals surface area contributed by atoms with Crippen LogP contribution in [0.3, 0.4) is 0 Å². The molecule has 0 amide bonds. The highest BCUT2D eigenvalue weighted by Gasteiger charge is 2.29. The lowest BCUT2D eigenvalue weighted by Crippen LogP contribution is -2.39. The minimum atomic E-state index is -0.972. The maximum atomic E-state index is 12.0. The van der Waals surface area contributed by atoms with Gasteiger partial charge in [-0.25, -0.2) is 4.79 Å². The summed E-state index contributed by atoms with van der Waals surface area (Å²) in [6.07, 6.45) is 0.735. The Balaban J connectivity index is 1.74. The molecule has 0 heterocycles. The molecule has 0 spiro atoms. The number of carboxylic acids is 1. The van der Waals surface area contributed by atoms with Gasteiger partial charge in [0.05, 0.1) is 6.61 Å². The molecule has 4 heteroatoms. The van der Waals surface area contributed by atoms with Crippen molar-refractivity contribution in [3.63, 3.8) is 0 Å². The predicted molar refractivity (Wildman–Crippen MR) is 123 cm³/mol. The second kappa shape index (κ2) is 11.8. The van der Waals surface area contributed by atoms with Crippen molar-refractivity contribution in [3.8, 4) is 0 Å². The molecule has 0 aliphatic carbocycles. The first kappa shape index (κ1) is 22.5. The maximum Gasteiger partial charge on any atom is 0.333 e. The summed E-state index contributed by atoms with van der Waals surface area (Å²) in [5, 5.41) is 9.85. The third-order valence-corrected chi connectivity index (χ3v) is 5.17. The van der Waals surface area contributed by atoms with Crippen LogP contribution in [0, 0.1) is 5.92 Å². The third kappa shape index (κ3) is 7.21. The quantitative estimate of drug-likeness (QED) is 0.415. The minimum absolute atomic E-state index is 0.250. The van der Waals surface area contributed by atoms with E-state index in [0.717, 1.165) is 5.56 Å². The van der Waals surface area contributed by atoms with Crippen LogP contribution in [0.4, 0.5) is 0 Å². The van der Waals surface area contributed by atoms with E-state index >= 15 is 0 Å². The summed E-state index contributed by atoms with van der Waals surface area (Å²) in [6, 6.07) is 30.0. The summed E-state index contributed by atoms with van der Waals surface area (Å²) in [5.41, 5.74) is 3.30. The Morgan fingerprint density at radius 2 is 1.29 bits per heavy atom. The predicted octanol–water partition coefficient (Wildman–Crippen LogP) is 5.16. The molecule has 160 valence electrons. The van der Waals surface area contributed by atoms with Gasteiger partial charge in [-0.3, -0.25) is 4.90 Å². The highest BCUT2D eigenvalue weighted by atomic mass is 16.5. The number of benzene rings is 3. The molecule has 4 nitrogen and oxygen atoms in total. The molecule has 0 saturated carbocycles. The summed E-state index contributed by atoms with van der Waals surface area (Å²) in [5.74, 6) is -1.33. The molecule has 0 unspecified atom stereocenters. The smallest absolute Gasteiger partial charge is 0.333 e. The second-order valence-electron chi connectivity index (χ2n) is 7.60. The van der Waals surface area contributed by atoms with Crippen molar-refractivity contribution in [3.05, 3.63) is 120 Å². The van der Waals surface area contributed by atoms with Gasteiger partial charge in [-0.1, -0.05) is 97.1 Å². The fourth-order valence-corrected chi connectivity index (χ4v) is 3.60. The van der Waals surface area contributed by atoms with Crippen LogP contribution in [0.15, 0.2) is 104 Å². The molecule has 0 radical (unpaired) electrons. The molecule has 3 rings (SSSR count). The van der Waals surface area contributed by atoms with E-state index in [2.05, 4.69) is 35.7 Å². The number of rotatable bonds is 12. The Morgan fingerprint density at radius 3 is 1.71 bits per heavy atom. The lowest BCUT2D eigenvalue weighted by molar-refractivity contribution is -0.154. The molecule has 31 heavy (non-hydrogen) atoms. The summed E-state index contributed by atoms with van der Waals surface area (Å²) in [4.78, 5) is 14.3. The summed E-state index contributed by atoms with van der Waals surface area (Å²) in [7, 11) is 0. The molecule has 3 aromatic rings. The van der Waals surface area contributed by atoms with Gasteiger partial charge in [0, 0.05) is 25.6 Å². The Hall–Kier alpha value is -3.21. The van der Waals surface area contributed by atoms with E-state index in [1.807, 2.05) is 66.7 Å². The van der Waals surface area contributed by atoms with Gasteiger partial charge in [0.15, 0.2) is 6.10 Å². The third-order valence-electron chi connectivity index (χ3n) is 5.17. The summed E-state index contributed by atoms with van der Waals surface area (Å²) < 4.78 is 5.85. The molecule has 2 atom stereocenters. The number of aliphatic carboxylic acids is 1. The van der Waals surface area contributed by atoms with E-state index in [1.54, 1.807) is 6.08 Å². The average Bonchev–Trinajstić information content (AvgIpc) is 2.80. The largest absolute Gasteiger partial charge is 0.479 e. The maximum absolute atomic E-state index is 12.0. The Kier molecular flexibility index (Phi) is 8.59. The molecule has 0 aliphatic rings. The van der Waals surface area contributed by atoms with Gasteiger partial charge in [0.1, 0.15) is 0 Å². The SMILES string of the molecule is C=C[C@H](CN(Cc1ccccc1)Cc1ccccc1)[C@H](OCc1ccccc1)C(=O)O. The molecule has 0 aliphatic heterocycles. The van der Waals surface area contributed by atoms with Crippen molar-refractivity contribution < 1.29 is 14.6 Å². The van der Waals surface area contributed by atoms with Gasteiger partial charge in [-0.05, 0) is 16.7 Å². The Bertz CT molecular complexity index is 887. The first-order chi connectivity index (χ1) is 15.2. The van der Waals surface area contributed by atoms with Crippen molar-refractivity contribution in [1.82, 2.24) is 4.90 Å². The van der Waals surface area contributed by atoms with E-state index < -0.39 is 12.1 Å². The van der Waals surface area contributed by atoms with Crippen LogP contribution < -0.4 is 0 Å². The van der Waals surface area contributed by atoms with Crippen LogP contribution in [-0.4, -0.2) is 28.6 Å². The monoisotopic (exact) mass is 415 g/mol. The number of hydrogen-bond acceptors (Lipinski definition) is 3. The molecule has 0 aromatic heterocycles.